The second kappa shape index (κ2) is 8.24. The van der Waals surface area contributed by atoms with E-state index in [1.165, 1.54) is 5.56 Å². The van der Waals surface area contributed by atoms with E-state index in [1.807, 2.05) is 18.2 Å². The summed E-state index contributed by atoms with van der Waals surface area (Å²) in [4.78, 5) is 39.2. The number of fused-ring (bicyclic) bond motifs is 1. The second-order valence-electron chi connectivity index (χ2n) is 6.04. The largest absolute Gasteiger partial charge is 0.345 e. The molecule has 0 aromatic heterocycles. The van der Waals surface area contributed by atoms with Crippen LogP contribution in [0.3, 0.4) is 0 Å². The summed E-state index contributed by atoms with van der Waals surface area (Å²) in [5, 5.41) is 5.47. The predicted octanol–water partition coefficient (Wildman–Crippen LogP) is 0.272. The Morgan fingerprint density at radius 1 is 1.24 bits per heavy atom. The van der Waals surface area contributed by atoms with Crippen LogP contribution in [-0.4, -0.2) is 72.2 Å². The third-order valence-electron chi connectivity index (χ3n) is 4.34. The van der Waals surface area contributed by atoms with Crippen molar-refractivity contribution in [2.24, 2.45) is 0 Å². The van der Waals surface area contributed by atoms with Gasteiger partial charge in [-0.1, -0.05) is 30.3 Å². The molecule has 0 radical (unpaired) electrons. The number of thioether (sulfide) groups is 1. The number of rotatable bonds is 5. The van der Waals surface area contributed by atoms with Gasteiger partial charge in [0.1, 0.15) is 6.04 Å². The Kier molecular flexibility index (Phi) is 5.80. The fourth-order valence-electron chi connectivity index (χ4n) is 2.98. The van der Waals surface area contributed by atoms with Crippen molar-refractivity contribution >= 4 is 29.6 Å². The van der Waals surface area contributed by atoms with Gasteiger partial charge in [-0.05, 0) is 5.56 Å². The number of hydrogen-bond acceptors (Lipinski definition) is 4. The Balaban J connectivity index is 1.38. The Morgan fingerprint density at radius 3 is 2.84 bits per heavy atom. The van der Waals surface area contributed by atoms with Gasteiger partial charge in [0.05, 0.1) is 13.1 Å². The van der Waals surface area contributed by atoms with Crippen LogP contribution in [0.2, 0.25) is 0 Å². The highest BCUT2D eigenvalue weighted by Gasteiger charge is 2.39. The lowest BCUT2D eigenvalue weighted by Gasteiger charge is -2.42. The lowest BCUT2D eigenvalue weighted by molar-refractivity contribution is -0.148. The minimum atomic E-state index is -0.562. The third-order valence-corrected chi connectivity index (χ3v) is 5.37. The molecule has 1 atom stereocenters. The maximum atomic E-state index is 12.3. The summed E-state index contributed by atoms with van der Waals surface area (Å²) in [6.07, 6.45) is 0. The normalized spacial score (nSPS) is 20.1. The fraction of sp³-hybridized carbons (Fsp3) is 0.471. The van der Waals surface area contributed by atoms with Crippen LogP contribution < -0.4 is 10.6 Å². The van der Waals surface area contributed by atoms with Crippen LogP contribution in [0.4, 0.5) is 4.79 Å². The van der Waals surface area contributed by atoms with Crippen molar-refractivity contribution in [1.82, 2.24) is 20.4 Å². The smallest absolute Gasteiger partial charge is 0.317 e. The topological polar surface area (TPSA) is 81.8 Å². The lowest BCUT2D eigenvalue weighted by Crippen LogP contribution is -2.67. The first-order valence-corrected chi connectivity index (χ1v) is 9.52. The number of piperazine rings is 2. The summed E-state index contributed by atoms with van der Waals surface area (Å²) in [6.45, 7) is 1.75. The van der Waals surface area contributed by atoms with E-state index < -0.39 is 6.04 Å². The van der Waals surface area contributed by atoms with Crippen LogP contribution in [0, 0.1) is 0 Å². The van der Waals surface area contributed by atoms with Crippen molar-refractivity contribution in [2.45, 2.75) is 11.8 Å². The van der Waals surface area contributed by atoms with Crippen LogP contribution in [0.5, 0.6) is 0 Å². The molecule has 7 nitrogen and oxygen atoms in total. The molecule has 0 saturated carbocycles. The molecule has 1 aromatic carbocycles. The molecule has 2 heterocycles. The third kappa shape index (κ3) is 4.45. The number of nitrogens with zero attached hydrogens (tertiary/aromatic N) is 2. The van der Waals surface area contributed by atoms with Gasteiger partial charge in [0, 0.05) is 31.1 Å². The van der Waals surface area contributed by atoms with Gasteiger partial charge in [-0.2, -0.15) is 11.8 Å². The summed E-state index contributed by atoms with van der Waals surface area (Å²) in [5.41, 5.74) is 1.27. The van der Waals surface area contributed by atoms with Gasteiger partial charge < -0.3 is 20.4 Å². The molecule has 0 spiro atoms. The zero-order valence-electron chi connectivity index (χ0n) is 13.9. The van der Waals surface area contributed by atoms with Crippen molar-refractivity contribution in [2.75, 3.05) is 38.5 Å². The zero-order valence-corrected chi connectivity index (χ0v) is 14.8. The molecule has 0 bridgehead atoms. The first-order valence-electron chi connectivity index (χ1n) is 8.37. The Hall–Kier alpha value is -2.22. The minimum Gasteiger partial charge on any atom is -0.345 e. The Labute approximate surface area is 151 Å². The fourth-order valence-corrected chi connectivity index (χ4v) is 3.80. The maximum absolute atomic E-state index is 12.3. The van der Waals surface area contributed by atoms with Gasteiger partial charge in [-0.25, -0.2) is 4.79 Å². The van der Waals surface area contributed by atoms with Gasteiger partial charge in [0.15, 0.2) is 0 Å². The molecule has 8 heteroatoms. The number of amides is 4. The van der Waals surface area contributed by atoms with Gasteiger partial charge in [0.2, 0.25) is 11.8 Å². The van der Waals surface area contributed by atoms with E-state index in [0.29, 0.717) is 19.6 Å². The lowest BCUT2D eigenvalue weighted by atomic mass is 10.1. The highest BCUT2D eigenvalue weighted by molar-refractivity contribution is 7.98. The van der Waals surface area contributed by atoms with Crippen LogP contribution >= 0.6 is 11.8 Å². The second-order valence-corrected chi connectivity index (χ2v) is 7.14. The van der Waals surface area contributed by atoms with E-state index in [-0.39, 0.29) is 30.9 Å². The molecule has 25 heavy (non-hydrogen) atoms. The van der Waals surface area contributed by atoms with E-state index in [4.69, 9.17) is 0 Å². The molecule has 2 aliphatic heterocycles. The molecule has 2 aliphatic rings. The van der Waals surface area contributed by atoms with Crippen LogP contribution in [0.1, 0.15) is 5.56 Å². The quantitative estimate of drug-likeness (QED) is 0.737. The maximum Gasteiger partial charge on any atom is 0.317 e. The van der Waals surface area contributed by atoms with Gasteiger partial charge in [0.25, 0.3) is 0 Å². The highest BCUT2D eigenvalue weighted by Crippen LogP contribution is 2.14. The van der Waals surface area contributed by atoms with Crippen molar-refractivity contribution in [1.29, 1.82) is 0 Å². The van der Waals surface area contributed by atoms with Crippen molar-refractivity contribution in [3.63, 3.8) is 0 Å². The van der Waals surface area contributed by atoms with Crippen molar-refractivity contribution < 1.29 is 14.4 Å². The highest BCUT2D eigenvalue weighted by atomic mass is 32.2. The van der Waals surface area contributed by atoms with E-state index in [9.17, 15) is 14.4 Å². The van der Waals surface area contributed by atoms with Crippen LogP contribution in [-0.2, 0) is 15.3 Å². The molecule has 3 rings (SSSR count). The van der Waals surface area contributed by atoms with Gasteiger partial charge in [-0.15, -0.1) is 0 Å². The molecular weight excluding hydrogens is 340 g/mol. The number of carbonyl (C=O) groups excluding carboxylic acids is 3. The number of nitrogens with one attached hydrogen (secondary N) is 2. The van der Waals surface area contributed by atoms with E-state index in [0.717, 1.165) is 11.5 Å². The molecule has 4 amide bonds. The molecule has 2 fully saturated rings. The molecule has 134 valence electrons. The monoisotopic (exact) mass is 362 g/mol. The molecule has 0 aliphatic carbocycles. The minimum absolute atomic E-state index is 0.0557. The van der Waals surface area contributed by atoms with Crippen LogP contribution in [0.25, 0.3) is 0 Å². The molecule has 2 saturated heterocycles. The standard InChI is InChI=1S/C17H22N4O3S/c22-15-10-19-16(23)14-11-20(7-8-21(14)15)17(24)18-6-9-25-12-13-4-2-1-3-5-13/h1-5,14H,6-12H2,(H,18,24)(H,19,23). The van der Waals surface area contributed by atoms with Gasteiger partial charge >= 0.3 is 6.03 Å². The first kappa shape index (κ1) is 17.6. The number of hydrogen-bond donors (Lipinski definition) is 2. The van der Waals surface area contributed by atoms with E-state index >= 15 is 0 Å². The Bertz CT molecular complexity index is 640. The number of urea groups is 1. The number of benzene rings is 1. The average Bonchev–Trinajstić information content (AvgIpc) is 2.65. The predicted molar refractivity (Wildman–Crippen MR) is 96.1 cm³/mol. The van der Waals surface area contributed by atoms with E-state index in [2.05, 4.69) is 22.8 Å². The van der Waals surface area contributed by atoms with Crippen molar-refractivity contribution in [3.8, 4) is 0 Å². The molecule has 2 N–H and O–H groups in total. The molecule has 1 aromatic rings. The van der Waals surface area contributed by atoms with Crippen LogP contribution in [0.15, 0.2) is 30.3 Å². The van der Waals surface area contributed by atoms with E-state index in [1.54, 1.807) is 21.6 Å². The molecule has 1 unspecified atom stereocenters. The average molecular weight is 362 g/mol. The summed E-state index contributed by atoms with van der Waals surface area (Å²) in [6, 6.07) is 9.46. The number of carbonyl (C=O) groups is 3. The molecular formula is C17H22N4O3S. The summed E-state index contributed by atoms with van der Waals surface area (Å²) >= 11 is 1.76. The van der Waals surface area contributed by atoms with Crippen molar-refractivity contribution in [3.05, 3.63) is 35.9 Å². The summed E-state index contributed by atoms with van der Waals surface area (Å²) < 4.78 is 0. The van der Waals surface area contributed by atoms with Gasteiger partial charge in [-0.3, -0.25) is 9.59 Å². The first-order chi connectivity index (χ1) is 12.1. The SMILES string of the molecule is O=C1NCC(=O)N2CCN(C(=O)NCCSCc3ccccc3)CC12. The summed E-state index contributed by atoms with van der Waals surface area (Å²) in [5.74, 6) is 1.47. The summed E-state index contributed by atoms with van der Waals surface area (Å²) in [7, 11) is 0. The Morgan fingerprint density at radius 2 is 2.04 bits per heavy atom. The zero-order chi connectivity index (χ0) is 17.6.